The number of aliphatic hydroxyl groups is 16. The van der Waals surface area contributed by atoms with Crippen molar-refractivity contribution in [3.8, 4) is 0 Å². The van der Waals surface area contributed by atoms with Gasteiger partial charge in [-0.3, -0.25) is 5.26 Å². The van der Waals surface area contributed by atoms with Crippen molar-refractivity contribution in [1.82, 2.24) is 0 Å². The summed E-state index contributed by atoms with van der Waals surface area (Å²) >= 11 is 0. The molecular formula is C38H64O31. The quantitative estimate of drug-likeness (QED) is 0.0753. The minimum atomic E-state index is -2.16. The molecule has 0 saturated carbocycles. The van der Waals surface area contributed by atoms with Crippen LogP contribution in [0.1, 0.15) is 6.92 Å². The van der Waals surface area contributed by atoms with E-state index in [1.54, 1.807) is 0 Å². The number of aliphatic hydroxyl groups excluding tert-OH is 16. The smallest absolute Gasteiger partial charge is 0.187 e. The van der Waals surface area contributed by atoms with Crippen molar-refractivity contribution >= 4 is 0 Å². The van der Waals surface area contributed by atoms with Gasteiger partial charge in [0.25, 0.3) is 0 Å². The first-order valence-corrected chi connectivity index (χ1v) is 22.2. The number of ether oxygens (including phenoxy) is 13. The molecule has 0 aromatic heterocycles. The zero-order chi connectivity index (χ0) is 50.2. The highest BCUT2D eigenvalue weighted by atomic mass is 17.1. The average molecular weight is 1020 g/mol. The van der Waals surface area contributed by atoms with E-state index in [1.807, 2.05) is 0 Å². The van der Waals surface area contributed by atoms with Gasteiger partial charge in [-0.05, 0) is 6.92 Å². The Morgan fingerprint density at radius 1 is 0.290 bits per heavy atom. The van der Waals surface area contributed by atoms with Crippen molar-refractivity contribution in [3.63, 3.8) is 0 Å². The first-order valence-electron chi connectivity index (χ1n) is 22.2. The highest BCUT2D eigenvalue weighted by molar-refractivity contribution is 5.01. The van der Waals surface area contributed by atoms with Crippen molar-refractivity contribution in [2.75, 3.05) is 46.2 Å². The van der Waals surface area contributed by atoms with Crippen LogP contribution in [0.15, 0.2) is 0 Å². The maximum absolute atomic E-state index is 11.6. The lowest BCUT2D eigenvalue weighted by atomic mass is 9.94. The fourth-order valence-electron chi connectivity index (χ4n) is 9.40. The Hall–Kier alpha value is -1.24. The van der Waals surface area contributed by atoms with Gasteiger partial charge >= 0.3 is 0 Å². The third kappa shape index (κ3) is 11.0. The number of rotatable bonds is 9. The predicted octanol–water partition coefficient (Wildman–Crippen LogP) is -11.5. The molecule has 30 atom stereocenters. The average Bonchev–Trinajstić information content (AvgIpc) is 3.34. The van der Waals surface area contributed by atoms with E-state index in [0.717, 1.165) is 0 Å². The van der Waals surface area contributed by atoms with E-state index in [4.69, 9.17) is 61.6 Å². The van der Waals surface area contributed by atoms with Crippen LogP contribution in [-0.2, 0) is 66.5 Å². The highest BCUT2D eigenvalue weighted by Crippen LogP contribution is 2.38. The minimum Gasteiger partial charge on any atom is -0.394 e. The van der Waals surface area contributed by atoms with Gasteiger partial charge in [0.2, 0.25) is 0 Å². The monoisotopic (exact) mass is 1020 g/mol. The fraction of sp³-hybridized carbons (Fsp3) is 1.00. The molecular weight excluding hydrogens is 952 g/mol. The summed E-state index contributed by atoms with van der Waals surface area (Å²) in [5.41, 5.74) is 0. The molecule has 0 spiro atoms. The van der Waals surface area contributed by atoms with Crippen molar-refractivity contribution < 1.29 is 153 Å². The SMILES string of the molecule is CCO[C@@H]1[C@@H](O)[C@H]2O[C@H]3[C@H](O)[C@@H](O)[C@@H](O[C@H]4[C@H](O)[C@@H](O)[C@@H](O[C@H]5[C@H](O)[C@@H](O)[C@@H](O[C@H]6[C@H](O)[C@@H](O)[C@@H](O[C@@H]7[C@H](OO)[C@@H](O)[C@@H](O[C@H]1[C@@H](CO)O2)O[C@@H]7CO)O[C@@H]6CO)O[C@@H]5CO)O[C@@H]4CO)O[C@@H]3CO. The number of hydrogen-bond donors (Lipinski definition) is 17. The molecule has 12 bridgehead atoms. The summed E-state index contributed by atoms with van der Waals surface area (Å²) in [6, 6.07) is 0. The molecule has 0 aliphatic carbocycles. The Morgan fingerprint density at radius 3 is 0.754 bits per heavy atom. The molecule has 31 nitrogen and oxygen atoms in total. The molecule has 31 heteroatoms. The Kier molecular flexibility index (Phi) is 19.3. The molecule has 0 radical (unpaired) electrons. The summed E-state index contributed by atoms with van der Waals surface area (Å²) in [7, 11) is 0. The van der Waals surface area contributed by atoms with E-state index < -0.39 is 224 Å². The molecule has 22 aliphatic rings. The van der Waals surface area contributed by atoms with Gasteiger partial charge in [0, 0.05) is 6.61 Å². The van der Waals surface area contributed by atoms with Gasteiger partial charge in [-0.15, -0.1) is 0 Å². The minimum absolute atomic E-state index is 0.145. The second-order valence-corrected chi connectivity index (χ2v) is 17.4. The molecule has 402 valence electrons. The van der Waals surface area contributed by atoms with Crippen LogP contribution in [0.3, 0.4) is 0 Å². The standard InChI is InChI=1S/C38H64O31/c1-2-56-31-23(53)37-61-13(7-43)29(31)67-38-24(54)32(69-55)30(14(8-44)62-38)68-36-22(52)18(48)27(11(5-41)60-36)65-34-20(50)16(46)25(9(3-39)58-34)63-33-19(49)15(45)26(10(4-40)57-33)64-35-21(51)17(47)28(66-37)12(6-42)59-35/h9-55H,2-8H2,1H3/t9-,10-,11-,12-,13-,14-,15-,16-,17-,18-,19-,20-,21-,22-,23-,24-,25-,26-,27-,28-,29+,30+,31-,32-,33-,34-,35-,36-,37-,38-/m1/s1. The lowest BCUT2D eigenvalue weighted by Crippen LogP contribution is -2.69. The van der Waals surface area contributed by atoms with Crippen molar-refractivity contribution in [2.24, 2.45) is 0 Å². The van der Waals surface area contributed by atoms with Crippen molar-refractivity contribution in [2.45, 2.75) is 191 Å². The van der Waals surface area contributed by atoms with E-state index in [-0.39, 0.29) is 6.61 Å². The molecule has 0 aromatic carbocycles. The second kappa shape index (κ2) is 24.0. The van der Waals surface area contributed by atoms with Crippen molar-refractivity contribution in [1.29, 1.82) is 0 Å². The van der Waals surface area contributed by atoms with Gasteiger partial charge in [0.15, 0.2) is 43.8 Å². The summed E-state index contributed by atoms with van der Waals surface area (Å²) < 4.78 is 74.9. The molecule has 0 amide bonds. The lowest BCUT2D eigenvalue weighted by Gasteiger charge is -2.51. The second-order valence-electron chi connectivity index (χ2n) is 17.4. The predicted molar refractivity (Wildman–Crippen MR) is 207 cm³/mol. The Labute approximate surface area is 390 Å². The van der Waals surface area contributed by atoms with Crippen molar-refractivity contribution in [3.05, 3.63) is 0 Å². The summed E-state index contributed by atoms with van der Waals surface area (Å²) in [5, 5.41) is 185. The third-order valence-corrected chi connectivity index (χ3v) is 13.1. The van der Waals surface area contributed by atoms with E-state index in [0.29, 0.717) is 0 Å². The van der Waals surface area contributed by atoms with Crippen LogP contribution in [0.4, 0.5) is 0 Å². The normalized spacial score (nSPS) is 53.5. The highest BCUT2D eigenvalue weighted by Gasteiger charge is 2.59. The van der Waals surface area contributed by atoms with Crippen LogP contribution in [0.2, 0.25) is 0 Å². The van der Waals surface area contributed by atoms with Gasteiger partial charge < -0.3 is 143 Å². The van der Waals surface area contributed by atoms with Crippen LogP contribution >= 0.6 is 0 Å². The first kappa shape index (κ1) is 55.5. The zero-order valence-corrected chi connectivity index (χ0v) is 36.6. The zero-order valence-electron chi connectivity index (χ0n) is 36.6. The van der Waals surface area contributed by atoms with Gasteiger partial charge in [0.05, 0.1) is 39.6 Å². The van der Waals surface area contributed by atoms with Crippen LogP contribution in [-0.4, -0.2) is 317 Å². The van der Waals surface area contributed by atoms with Gasteiger partial charge in [-0.2, -0.15) is 0 Å². The Bertz CT molecular complexity index is 1570. The summed E-state index contributed by atoms with van der Waals surface area (Å²) in [4.78, 5) is 4.54. The summed E-state index contributed by atoms with van der Waals surface area (Å²) in [6.07, 6.45) is -56.9. The maximum Gasteiger partial charge on any atom is 0.187 e. The first-order chi connectivity index (χ1) is 33.0. The van der Waals surface area contributed by atoms with E-state index >= 15 is 0 Å². The topological polar surface area (TPSA) is 473 Å². The molecule has 22 rings (SSSR count). The molecule has 22 saturated heterocycles. The van der Waals surface area contributed by atoms with Crippen LogP contribution in [0, 0.1) is 0 Å². The molecule has 0 unspecified atom stereocenters. The van der Waals surface area contributed by atoms with Gasteiger partial charge in [0.1, 0.15) is 140 Å². The van der Waals surface area contributed by atoms with Crippen LogP contribution in [0.5, 0.6) is 0 Å². The number of hydrogen-bond acceptors (Lipinski definition) is 31. The Balaban J connectivity index is 1.22. The summed E-state index contributed by atoms with van der Waals surface area (Å²) in [6.45, 7) is -4.52. The molecule has 0 aromatic rings. The lowest BCUT2D eigenvalue weighted by molar-refractivity contribution is -0.422. The molecule has 22 heterocycles. The third-order valence-electron chi connectivity index (χ3n) is 13.1. The molecule has 69 heavy (non-hydrogen) atoms. The molecule has 17 N–H and O–H groups in total. The van der Waals surface area contributed by atoms with Crippen LogP contribution < -0.4 is 0 Å². The fourth-order valence-corrected chi connectivity index (χ4v) is 9.40. The van der Waals surface area contributed by atoms with E-state index in [1.165, 1.54) is 6.92 Å². The summed E-state index contributed by atoms with van der Waals surface area (Å²) in [5.74, 6) is 0. The largest absolute Gasteiger partial charge is 0.394 e. The van der Waals surface area contributed by atoms with Gasteiger partial charge in [-0.1, -0.05) is 0 Å². The molecule has 22 aliphatic heterocycles. The maximum atomic E-state index is 11.6. The molecule has 22 fully saturated rings. The van der Waals surface area contributed by atoms with E-state index in [9.17, 15) is 87.0 Å². The van der Waals surface area contributed by atoms with Gasteiger partial charge in [-0.25, -0.2) is 4.89 Å². The Morgan fingerprint density at radius 2 is 0.507 bits per heavy atom. The van der Waals surface area contributed by atoms with E-state index in [2.05, 4.69) is 4.89 Å². The van der Waals surface area contributed by atoms with Crippen LogP contribution in [0.25, 0.3) is 0 Å².